The third-order valence-corrected chi connectivity index (χ3v) is 6.33. The SMILES string of the molecule is O=C(OC[C@H]1O[C@@H](n2cc(/C=C/Br)c(=O)[nH]c2=O)C[C@@H]1OC(=O)[C@@H](O)c1ccccc1)[C@@H](O)c1ccccc1. The minimum Gasteiger partial charge on any atom is -0.461 e. The van der Waals surface area contributed by atoms with Crippen LogP contribution in [0, 0.1) is 0 Å². The van der Waals surface area contributed by atoms with Gasteiger partial charge in [0, 0.05) is 12.6 Å². The first-order valence-corrected chi connectivity index (χ1v) is 12.8. The van der Waals surface area contributed by atoms with Gasteiger partial charge in [0.05, 0.1) is 5.56 Å². The van der Waals surface area contributed by atoms with Gasteiger partial charge in [-0.1, -0.05) is 76.6 Å². The van der Waals surface area contributed by atoms with Crippen molar-refractivity contribution in [3.63, 3.8) is 0 Å². The van der Waals surface area contributed by atoms with Gasteiger partial charge in [-0.25, -0.2) is 14.4 Å². The number of rotatable bonds is 9. The Morgan fingerprint density at radius 1 is 1.03 bits per heavy atom. The minimum atomic E-state index is -1.58. The molecule has 1 saturated heterocycles. The number of benzene rings is 2. The molecule has 0 bridgehead atoms. The number of hydrogen-bond acceptors (Lipinski definition) is 9. The predicted molar refractivity (Wildman–Crippen MR) is 141 cm³/mol. The topological polar surface area (TPSA) is 157 Å². The van der Waals surface area contributed by atoms with Crippen LogP contribution < -0.4 is 11.2 Å². The summed E-state index contributed by atoms with van der Waals surface area (Å²) in [6.45, 7) is -0.426. The normalized spacial score (nSPS) is 20.4. The Morgan fingerprint density at radius 3 is 2.21 bits per heavy atom. The van der Waals surface area contributed by atoms with Crippen LogP contribution in [0.15, 0.2) is 81.4 Å². The Morgan fingerprint density at radius 2 is 1.62 bits per heavy atom. The third-order valence-electron chi connectivity index (χ3n) is 6.06. The number of aliphatic hydroxyl groups is 2. The number of hydrogen-bond donors (Lipinski definition) is 3. The van der Waals surface area contributed by atoms with Crippen LogP contribution in [0.1, 0.15) is 41.5 Å². The highest BCUT2D eigenvalue weighted by molar-refractivity contribution is 9.11. The summed E-state index contributed by atoms with van der Waals surface area (Å²) >= 11 is 3.09. The zero-order valence-corrected chi connectivity index (χ0v) is 22.0. The van der Waals surface area contributed by atoms with Gasteiger partial charge in [0.1, 0.15) is 25.0 Å². The van der Waals surface area contributed by atoms with Crippen LogP contribution in [0.3, 0.4) is 0 Å². The van der Waals surface area contributed by atoms with E-state index in [-0.39, 0.29) is 12.0 Å². The van der Waals surface area contributed by atoms with E-state index >= 15 is 0 Å². The zero-order chi connectivity index (χ0) is 27.9. The van der Waals surface area contributed by atoms with E-state index in [0.29, 0.717) is 11.1 Å². The summed E-state index contributed by atoms with van der Waals surface area (Å²) in [5.74, 6) is -1.92. The van der Waals surface area contributed by atoms with Crippen molar-refractivity contribution in [3.8, 4) is 0 Å². The number of carbonyl (C=O) groups excluding carboxylic acids is 2. The molecule has 4 rings (SSSR count). The van der Waals surface area contributed by atoms with Crippen LogP contribution in [0.4, 0.5) is 0 Å². The van der Waals surface area contributed by atoms with Gasteiger partial charge in [0.15, 0.2) is 12.2 Å². The predicted octanol–water partition coefficient (Wildman–Crippen LogP) is 2.11. The molecule has 0 amide bonds. The average molecular weight is 601 g/mol. The summed E-state index contributed by atoms with van der Waals surface area (Å²) in [4.78, 5) is 53.5. The standard InChI is InChI=1S/C27H25BrN2O9/c28-12-11-18-14-30(27(36)29-24(18)33)21-13-19(39-26(35)23(32)17-9-5-2-6-10-17)20(38-21)15-37-25(34)22(31)16-7-3-1-4-8-16/h1-12,14,19-23,31-32H,13,15H2,(H,29,33,36)/b12-11+/t19-,20+,21+,22-,23-/m0/s1. The summed E-state index contributed by atoms with van der Waals surface area (Å²) in [6, 6.07) is 16.3. The van der Waals surface area contributed by atoms with Crippen LogP contribution in [0.2, 0.25) is 0 Å². The van der Waals surface area contributed by atoms with Gasteiger partial charge in [-0.3, -0.25) is 14.3 Å². The number of ether oxygens (including phenoxy) is 3. The van der Waals surface area contributed by atoms with Crippen molar-refractivity contribution in [2.24, 2.45) is 0 Å². The summed E-state index contributed by atoms with van der Waals surface area (Å²) in [5.41, 5.74) is -0.574. The summed E-state index contributed by atoms with van der Waals surface area (Å²) in [7, 11) is 0. The molecular formula is C27H25BrN2O9. The number of carbonyl (C=O) groups is 2. The van der Waals surface area contributed by atoms with E-state index in [1.165, 1.54) is 17.3 Å². The van der Waals surface area contributed by atoms with Crippen molar-refractivity contribution in [1.29, 1.82) is 0 Å². The highest BCUT2D eigenvalue weighted by atomic mass is 79.9. The molecule has 0 unspecified atom stereocenters. The molecular weight excluding hydrogens is 576 g/mol. The van der Waals surface area contributed by atoms with Crippen LogP contribution in [0.25, 0.3) is 6.08 Å². The number of aliphatic hydroxyl groups excluding tert-OH is 2. The van der Waals surface area contributed by atoms with Crippen molar-refractivity contribution in [1.82, 2.24) is 9.55 Å². The van der Waals surface area contributed by atoms with E-state index in [4.69, 9.17) is 14.2 Å². The highest BCUT2D eigenvalue weighted by Gasteiger charge is 2.41. The van der Waals surface area contributed by atoms with E-state index in [0.717, 1.165) is 4.57 Å². The molecule has 1 fully saturated rings. The van der Waals surface area contributed by atoms with Crippen molar-refractivity contribution in [3.05, 3.63) is 109 Å². The maximum Gasteiger partial charge on any atom is 0.340 e. The molecule has 3 N–H and O–H groups in total. The molecule has 204 valence electrons. The minimum absolute atomic E-state index is 0.0554. The molecule has 5 atom stereocenters. The summed E-state index contributed by atoms with van der Waals surface area (Å²) in [6.07, 6.45) is -3.58. The quantitative estimate of drug-likeness (QED) is 0.313. The number of esters is 2. The van der Waals surface area contributed by atoms with E-state index < -0.39 is 60.4 Å². The van der Waals surface area contributed by atoms with Gasteiger partial charge >= 0.3 is 17.6 Å². The van der Waals surface area contributed by atoms with E-state index in [9.17, 15) is 29.4 Å². The Labute approximate surface area is 230 Å². The van der Waals surface area contributed by atoms with Gasteiger partial charge in [0.2, 0.25) is 0 Å². The second kappa shape index (κ2) is 12.8. The molecule has 2 aromatic carbocycles. The monoisotopic (exact) mass is 600 g/mol. The first-order chi connectivity index (χ1) is 18.8. The van der Waals surface area contributed by atoms with Gasteiger partial charge in [-0.2, -0.15) is 0 Å². The van der Waals surface area contributed by atoms with Crippen LogP contribution in [0.5, 0.6) is 0 Å². The molecule has 0 saturated carbocycles. The number of aromatic nitrogens is 2. The maximum absolute atomic E-state index is 12.8. The second-order valence-electron chi connectivity index (χ2n) is 8.64. The molecule has 3 aromatic rings. The fraction of sp³-hybridized carbons (Fsp3) is 0.259. The number of nitrogens with zero attached hydrogens (tertiary/aromatic N) is 1. The fourth-order valence-electron chi connectivity index (χ4n) is 4.05. The Balaban J connectivity index is 1.54. The van der Waals surface area contributed by atoms with Crippen molar-refractivity contribution < 1.29 is 34.0 Å². The highest BCUT2D eigenvalue weighted by Crippen LogP contribution is 2.32. The molecule has 0 aliphatic carbocycles. The summed E-state index contributed by atoms with van der Waals surface area (Å²) in [5, 5.41) is 20.8. The largest absolute Gasteiger partial charge is 0.461 e. The number of H-pyrrole nitrogens is 1. The second-order valence-corrected chi connectivity index (χ2v) is 9.17. The lowest BCUT2D eigenvalue weighted by Crippen LogP contribution is -2.34. The molecule has 0 spiro atoms. The van der Waals surface area contributed by atoms with Gasteiger partial charge in [0.25, 0.3) is 5.56 Å². The smallest absolute Gasteiger partial charge is 0.340 e. The first-order valence-electron chi connectivity index (χ1n) is 11.9. The Kier molecular flexibility index (Phi) is 9.25. The number of halogens is 1. The van der Waals surface area contributed by atoms with Crippen LogP contribution >= 0.6 is 15.9 Å². The van der Waals surface area contributed by atoms with E-state index in [2.05, 4.69) is 20.9 Å². The van der Waals surface area contributed by atoms with E-state index in [1.54, 1.807) is 60.7 Å². The van der Waals surface area contributed by atoms with E-state index in [1.807, 2.05) is 0 Å². The van der Waals surface area contributed by atoms with Gasteiger partial charge < -0.3 is 24.4 Å². The molecule has 11 nitrogen and oxygen atoms in total. The summed E-state index contributed by atoms with van der Waals surface area (Å²) < 4.78 is 17.8. The molecule has 1 aliphatic heterocycles. The first kappa shape index (κ1) is 28.2. The lowest BCUT2D eigenvalue weighted by Gasteiger charge is -2.21. The zero-order valence-electron chi connectivity index (χ0n) is 20.4. The van der Waals surface area contributed by atoms with Crippen molar-refractivity contribution in [2.75, 3.05) is 6.61 Å². The molecule has 12 heteroatoms. The Hall–Kier alpha value is -3.84. The number of aromatic amines is 1. The van der Waals surface area contributed by atoms with Crippen LogP contribution in [-0.2, 0) is 23.8 Å². The lowest BCUT2D eigenvalue weighted by molar-refractivity contribution is -0.168. The van der Waals surface area contributed by atoms with Gasteiger partial charge in [-0.05, 0) is 22.2 Å². The van der Waals surface area contributed by atoms with Crippen molar-refractivity contribution >= 4 is 33.9 Å². The molecule has 1 aliphatic rings. The lowest BCUT2D eigenvalue weighted by atomic mass is 10.1. The van der Waals surface area contributed by atoms with Gasteiger partial charge in [-0.15, -0.1) is 0 Å². The number of nitrogens with one attached hydrogen (secondary N) is 1. The maximum atomic E-state index is 12.8. The average Bonchev–Trinajstić information content (AvgIpc) is 3.35. The molecule has 2 heterocycles. The Bertz CT molecular complexity index is 1440. The van der Waals surface area contributed by atoms with Crippen LogP contribution in [-0.4, -0.2) is 50.5 Å². The molecule has 39 heavy (non-hydrogen) atoms. The fourth-order valence-corrected chi connectivity index (χ4v) is 4.33. The third kappa shape index (κ3) is 6.79. The van der Waals surface area contributed by atoms with Crippen molar-refractivity contribution in [2.45, 2.75) is 37.1 Å². The molecule has 0 radical (unpaired) electrons. The molecule has 1 aromatic heterocycles.